The first kappa shape index (κ1) is 7.46. The minimum atomic E-state index is -1.10. The lowest BCUT2D eigenvalue weighted by atomic mass is 10.3. The largest absolute Gasteiger partial charge is 0.287 e. The Hall–Kier alpha value is -1.65. The first-order valence-electron chi connectivity index (χ1n) is 2.72. The Kier molecular flexibility index (Phi) is 1.72. The minimum Gasteiger partial charge on any atom is -0.287 e. The molecule has 0 amide bonds. The van der Waals surface area contributed by atoms with Gasteiger partial charge in [-0.2, -0.15) is 0 Å². The van der Waals surface area contributed by atoms with E-state index in [9.17, 15) is 19.6 Å². The number of halogens is 1. The molecule has 0 aliphatic rings. The zero-order valence-corrected chi connectivity index (χ0v) is 5.28. The monoisotopic (exact) mass is 156 g/mol. The molecule has 0 heterocycles. The summed E-state index contributed by atoms with van der Waals surface area (Å²) in [6, 6.07) is 2.39. The lowest BCUT2D eigenvalue weighted by Crippen LogP contribution is -1.87. The van der Waals surface area contributed by atoms with Gasteiger partial charge in [0.05, 0.1) is 11.0 Å². The third-order valence-corrected chi connectivity index (χ3v) is 1.13. The van der Waals surface area contributed by atoms with Gasteiger partial charge in [0, 0.05) is 6.07 Å². The first-order chi connectivity index (χ1) is 5.11. The minimum absolute atomic E-state index is 0.415. The number of hydrogen-bond acceptors (Lipinski definition) is 2. The lowest BCUT2D eigenvalue weighted by molar-refractivity contribution is -0.385. The molecule has 1 rings (SSSR count). The van der Waals surface area contributed by atoms with E-state index in [1.165, 1.54) is 0 Å². The highest BCUT2D eigenvalue weighted by Crippen LogP contribution is 2.20. The van der Waals surface area contributed by atoms with Gasteiger partial charge in [-0.15, -0.1) is 0 Å². The third kappa shape index (κ3) is 1.43. The molecule has 1 radical (unpaired) electrons. The van der Waals surface area contributed by atoms with E-state index >= 15 is 0 Å². The number of non-ortho nitro benzene ring substituents is 1. The van der Waals surface area contributed by atoms with E-state index in [2.05, 4.69) is 0 Å². The molecule has 0 saturated heterocycles. The molecule has 0 aliphatic carbocycles. The summed E-state index contributed by atoms with van der Waals surface area (Å²) in [6.45, 7) is 0. The molecule has 0 aromatic heterocycles. The quantitative estimate of drug-likeness (QED) is 0.460. The predicted molar refractivity (Wildman–Crippen MR) is 33.2 cm³/mol. The number of nitro benzene ring substituents is 1. The van der Waals surface area contributed by atoms with Crippen molar-refractivity contribution >= 4 is 5.69 Å². The summed E-state index contributed by atoms with van der Waals surface area (Å²) >= 11 is 0. The zero-order chi connectivity index (χ0) is 8.43. The van der Waals surface area contributed by atoms with Crippen molar-refractivity contribution in [1.82, 2.24) is 0 Å². The molecule has 0 fully saturated rings. The number of nitro groups is 1. The van der Waals surface area contributed by atoms with E-state index in [1.807, 2.05) is 0 Å². The van der Waals surface area contributed by atoms with Crippen molar-refractivity contribution in [3.8, 4) is 5.75 Å². The molecule has 1 aromatic carbocycles. The normalized spacial score (nSPS) is 9.55. The number of nitrogens with zero attached hydrogens (tertiary/aromatic N) is 1. The standard InChI is InChI=1S/C6H3FNO3/c7-5-3-4(8(10)11)1-2-6(5)9/h1-3H. The van der Waals surface area contributed by atoms with Crippen LogP contribution in [0.15, 0.2) is 18.2 Å². The summed E-state index contributed by atoms with van der Waals surface area (Å²) in [5.41, 5.74) is -0.415. The van der Waals surface area contributed by atoms with Gasteiger partial charge in [-0.1, -0.05) is 0 Å². The molecule has 0 spiro atoms. The van der Waals surface area contributed by atoms with Crippen LogP contribution in [-0.2, 0) is 5.11 Å². The summed E-state index contributed by atoms with van der Waals surface area (Å²) in [4.78, 5) is 9.24. The second-order valence-electron chi connectivity index (χ2n) is 1.87. The van der Waals surface area contributed by atoms with Crippen LogP contribution in [0.2, 0.25) is 0 Å². The van der Waals surface area contributed by atoms with Gasteiger partial charge >= 0.3 is 0 Å². The topological polar surface area (TPSA) is 63.0 Å². The second kappa shape index (κ2) is 2.53. The SMILES string of the molecule is [O]c1ccc([N+](=O)[O-])cc1F. The number of rotatable bonds is 1. The fraction of sp³-hybridized carbons (Fsp3) is 0. The molecule has 57 valence electrons. The summed E-state index contributed by atoms with van der Waals surface area (Å²) in [6.07, 6.45) is 0. The third-order valence-electron chi connectivity index (χ3n) is 1.13. The van der Waals surface area contributed by atoms with Crippen molar-refractivity contribution in [3.05, 3.63) is 34.1 Å². The maximum Gasteiger partial charge on any atom is 0.272 e. The summed E-state index contributed by atoms with van der Waals surface area (Å²) < 4.78 is 12.3. The van der Waals surface area contributed by atoms with Crippen LogP contribution in [0.4, 0.5) is 10.1 Å². The van der Waals surface area contributed by atoms with Gasteiger partial charge in [-0.05, 0) is 6.07 Å². The van der Waals surface area contributed by atoms with Gasteiger partial charge in [-0.25, -0.2) is 4.39 Å². The Balaban J connectivity index is 3.15. The van der Waals surface area contributed by atoms with Crippen molar-refractivity contribution in [1.29, 1.82) is 0 Å². The van der Waals surface area contributed by atoms with Crippen LogP contribution in [0.1, 0.15) is 0 Å². The Bertz CT molecular complexity index is 300. The van der Waals surface area contributed by atoms with Crippen LogP contribution in [0.5, 0.6) is 5.75 Å². The fourth-order valence-corrected chi connectivity index (χ4v) is 0.603. The molecule has 0 atom stereocenters. The number of hydrogen-bond donors (Lipinski definition) is 0. The summed E-state index contributed by atoms with van der Waals surface area (Å²) in [5, 5.41) is 20.4. The van der Waals surface area contributed by atoms with Crippen LogP contribution in [0, 0.1) is 15.9 Å². The highest BCUT2D eigenvalue weighted by atomic mass is 19.1. The van der Waals surface area contributed by atoms with Gasteiger partial charge in [0.1, 0.15) is 0 Å². The van der Waals surface area contributed by atoms with Gasteiger partial charge in [-0.3, -0.25) is 15.2 Å². The van der Waals surface area contributed by atoms with Crippen molar-refractivity contribution in [2.75, 3.05) is 0 Å². The first-order valence-corrected chi connectivity index (χ1v) is 2.72. The van der Waals surface area contributed by atoms with E-state index in [1.54, 1.807) is 0 Å². The summed E-state index contributed by atoms with van der Waals surface area (Å²) in [5.74, 6) is -1.94. The Morgan fingerprint density at radius 3 is 2.55 bits per heavy atom. The molecule has 0 N–H and O–H groups in total. The smallest absolute Gasteiger partial charge is 0.272 e. The van der Waals surface area contributed by atoms with Crippen molar-refractivity contribution in [2.45, 2.75) is 0 Å². The maximum absolute atomic E-state index is 12.3. The van der Waals surface area contributed by atoms with Crippen molar-refractivity contribution in [2.24, 2.45) is 0 Å². The van der Waals surface area contributed by atoms with Gasteiger partial charge in [0.2, 0.25) is 5.75 Å². The molecule has 0 bridgehead atoms. The van der Waals surface area contributed by atoms with Gasteiger partial charge in [0.25, 0.3) is 5.69 Å². The molecular weight excluding hydrogens is 153 g/mol. The van der Waals surface area contributed by atoms with Crippen molar-refractivity contribution < 1.29 is 14.4 Å². The second-order valence-corrected chi connectivity index (χ2v) is 1.87. The van der Waals surface area contributed by atoms with Gasteiger partial charge < -0.3 is 0 Å². The zero-order valence-electron chi connectivity index (χ0n) is 5.28. The highest BCUT2D eigenvalue weighted by Gasteiger charge is 2.09. The van der Waals surface area contributed by atoms with Crippen molar-refractivity contribution in [3.63, 3.8) is 0 Å². The average molecular weight is 156 g/mol. The molecule has 11 heavy (non-hydrogen) atoms. The molecule has 1 aromatic rings. The van der Waals surface area contributed by atoms with Crippen LogP contribution in [-0.4, -0.2) is 4.92 Å². The molecule has 0 unspecified atom stereocenters. The van der Waals surface area contributed by atoms with Crippen LogP contribution < -0.4 is 0 Å². The van der Waals surface area contributed by atoms with Gasteiger partial charge in [0.15, 0.2) is 5.82 Å². The molecule has 4 nitrogen and oxygen atoms in total. The molecule has 0 aliphatic heterocycles. The van der Waals surface area contributed by atoms with Crippen LogP contribution >= 0.6 is 0 Å². The molecular formula is C6H3FNO3. The Labute approximate surface area is 61.0 Å². The predicted octanol–water partition coefficient (Wildman–Crippen LogP) is 1.88. The Morgan fingerprint density at radius 1 is 1.45 bits per heavy atom. The van der Waals surface area contributed by atoms with Crippen LogP contribution in [0.25, 0.3) is 0 Å². The summed E-state index contributed by atoms with van der Waals surface area (Å²) in [7, 11) is 0. The van der Waals surface area contributed by atoms with E-state index in [0.717, 1.165) is 12.1 Å². The fourth-order valence-electron chi connectivity index (χ4n) is 0.603. The molecule has 5 heteroatoms. The highest BCUT2D eigenvalue weighted by molar-refractivity contribution is 5.36. The molecule has 0 saturated carbocycles. The average Bonchev–Trinajstić information content (AvgIpc) is 1.94. The van der Waals surface area contributed by atoms with E-state index in [-0.39, 0.29) is 0 Å². The van der Waals surface area contributed by atoms with Crippen LogP contribution in [0.3, 0.4) is 0 Å². The van der Waals surface area contributed by atoms with E-state index in [0.29, 0.717) is 6.07 Å². The Morgan fingerprint density at radius 2 is 2.09 bits per heavy atom. The van der Waals surface area contributed by atoms with E-state index in [4.69, 9.17) is 0 Å². The lowest BCUT2D eigenvalue weighted by Gasteiger charge is -1.90. The van der Waals surface area contributed by atoms with E-state index < -0.39 is 22.2 Å². The maximum atomic E-state index is 12.3. The number of benzene rings is 1.